The van der Waals surface area contributed by atoms with Gasteiger partial charge in [0.1, 0.15) is 0 Å². The average Bonchev–Trinajstić information content (AvgIpc) is 2.34. The predicted octanol–water partition coefficient (Wildman–Crippen LogP) is 2.35. The molecule has 0 spiro atoms. The largest absolute Gasteiger partial charge is 0.381 e. The summed E-state index contributed by atoms with van der Waals surface area (Å²) in [6, 6.07) is 0.599. The summed E-state index contributed by atoms with van der Waals surface area (Å²) in [7, 11) is 3.82. The molecule has 1 fully saturated rings. The summed E-state index contributed by atoms with van der Waals surface area (Å²) in [5, 5.41) is 3.24. The van der Waals surface area contributed by atoms with Crippen LogP contribution in [-0.2, 0) is 9.47 Å². The van der Waals surface area contributed by atoms with Crippen LogP contribution in [0.15, 0.2) is 0 Å². The molecule has 1 N–H and O–H groups in total. The molecule has 0 aromatic heterocycles. The topological polar surface area (TPSA) is 30.5 Å². The Balaban J connectivity index is 2.04. The van der Waals surface area contributed by atoms with Crippen LogP contribution in [0.3, 0.4) is 0 Å². The fourth-order valence-corrected chi connectivity index (χ4v) is 2.25. The maximum Gasteiger partial charge on any atom is 0.0599 e. The highest BCUT2D eigenvalue weighted by Gasteiger charge is 2.21. The van der Waals surface area contributed by atoms with Gasteiger partial charge in [0, 0.05) is 19.8 Å². The van der Waals surface area contributed by atoms with E-state index in [0.29, 0.717) is 18.2 Å². The van der Waals surface area contributed by atoms with Gasteiger partial charge in [0.15, 0.2) is 0 Å². The van der Waals surface area contributed by atoms with Gasteiger partial charge in [0.25, 0.3) is 0 Å². The van der Waals surface area contributed by atoms with E-state index < -0.39 is 0 Å². The lowest BCUT2D eigenvalue weighted by Gasteiger charge is -2.28. The van der Waals surface area contributed by atoms with Crippen LogP contribution >= 0.6 is 0 Å². The van der Waals surface area contributed by atoms with Crippen molar-refractivity contribution in [2.75, 3.05) is 20.8 Å². The van der Waals surface area contributed by atoms with Crippen LogP contribution in [0.2, 0.25) is 0 Å². The Bertz CT molecular complexity index is 175. The molecule has 0 aliphatic heterocycles. The molecule has 0 bridgehead atoms. The zero-order valence-electron chi connectivity index (χ0n) is 11.0. The van der Waals surface area contributed by atoms with Crippen molar-refractivity contribution in [3.8, 4) is 0 Å². The molecule has 0 aromatic carbocycles. The molecule has 96 valence electrons. The van der Waals surface area contributed by atoms with Crippen molar-refractivity contribution in [2.45, 2.75) is 63.7 Å². The predicted molar refractivity (Wildman–Crippen MR) is 66.8 cm³/mol. The van der Waals surface area contributed by atoms with Crippen molar-refractivity contribution in [3.05, 3.63) is 0 Å². The van der Waals surface area contributed by atoms with E-state index >= 15 is 0 Å². The highest BCUT2D eigenvalue weighted by Crippen LogP contribution is 2.23. The van der Waals surface area contributed by atoms with E-state index in [1.54, 1.807) is 0 Å². The molecule has 0 saturated heterocycles. The van der Waals surface area contributed by atoms with Gasteiger partial charge in [-0.15, -0.1) is 0 Å². The smallest absolute Gasteiger partial charge is 0.0599 e. The summed E-state index contributed by atoms with van der Waals surface area (Å²) < 4.78 is 11.3. The summed E-state index contributed by atoms with van der Waals surface area (Å²) in [4.78, 5) is 0. The summed E-state index contributed by atoms with van der Waals surface area (Å²) in [5.41, 5.74) is 0. The maximum atomic E-state index is 5.90. The lowest BCUT2D eigenvalue weighted by Crippen LogP contribution is -2.28. The van der Waals surface area contributed by atoms with Gasteiger partial charge in [-0.1, -0.05) is 0 Å². The second-order valence-corrected chi connectivity index (χ2v) is 4.85. The van der Waals surface area contributed by atoms with Crippen LogP contribution in [-0.4, -0.2) is 39.0 Å². The van der Waals surface area contributed by atoms with Gasteiger partial charge in [-0.25, -0.2) is 0 Å². The Morgan fingerprint density at radius 1 is 1.31 bits per heavy atom. The van der Waals surface area contributed by atoms with E-state index in [-0.39, 0.29) is 0 Å². The molecule has 0 heterocycles. The first-order valence-corrected chi connectivity index (χ1v) is 6.58. The fraction of sp³-hybridized carbons (Fsp3) is 1.00. The first-order valence-electron chi connectivity index (χ1n) is 6.58. The van der Waals surface area contributed by atoms with Gasteiger partial charge >= 0.3 is 0 Å². The Morgan fingerprint density at radius 2 is 2.06 bits per heavy atom. The minimum Gasteiger partial charge on any atom is -0.381 e. The van der Waals surface area contributed by atoms with Crippen molar-refractivity contribution < 1.29 is 9.47 Å². The van der Waals surface area contributed by atoms with Crippen LogP contribution in [0.25, 0.3) is 0 Å². The molecular weight excluding hydrogens is 202 g/mol. The molecule has 1 rings (SSSR count). The van der Waals surface area contributed by atoms with Gasteiger partial charge in [-0.2, -0.15) is 0 Å². The van der Waals surface area contributed by atoms with Gasteiger partial charge in [0.05, 0.1) is 12.2 Å². The first-order chi connectivity index (χ1) is 7.76. The van der Waals surface area contributed by atoms with E-state index in [1.165, 1.54) is 25.7 Å². The molecular formula is C13H27NO2. The molecule has 1 aliphatic rings. The summed E-state index contributed by atoms with van der Waals surface area (Å²) in [5.74, 6) is 0. The van der Waals surface area contributed by atoms with Crippen molar-refractivity contribution in [3.63, 3.8) is 0 Å². The van der Waals surface area contributed by atoms with Crippen LogP contribution in [0, 0.1) is 0 Å². The Labute approximate surface area is 99.9 Å². The number of hydrogen-bond acceptors (Lipinski definition) is 3. The third-order valence-electron chi connectivity index (χ3n) is 3.54. The molecule has 0 amide bonds. The molecule has 3 heteroatoms. The zero-order chi connectivity index (χ0) is 11.8. The molecule has 1 aliphatic carbocycles. The molecule has 0 radical (unpaired) electrons. The lowest BCUT2D eigenvalue weighted by molar-refractivity contribution is -0.0305. The molecule has 3 atom stereocenters. The van der Waals surface area contributed by atoms with Crippen molar-refractivity contribution in [1.82, 2.24) is 5.32 Å². The standard InChI is InChI=1S/C13H27NO2/c1-11(14-2)6-5-9-16-13-8-4-7-12(10-13)15-3/h11-14H,4-10H2,1-3H3. The molecule has 3 nitrogen and oxygen atoms in total. The van der Waals surface area contributed by atoms with E-state index in [1.807, 2.05) is 14.2 Å². The van der Waals surface area contributed by atoms with Crippen molar-refractivity contribution in [2.24, 2.45) is 0 Å². The molecule has 0 aromatic rings. The van der Waals surface area contributed by atoms with Gasteiger partial charge in [-0.3, -0.25) is 0 Å². The zero-order valence-corrected chi connectivity index (χ0v) is 11.0. The number of rotatable bonds is 7. The first kappa shape index (κ1) is 13.9. The Kier molecular flexibility index (Phi) is 7.01. The fourth-order valence-electron chi connectivity index (χ4n) is 2.25. The number of nitrogens with one attached hydrogen (secondary N) is 1. The maximum absolute atomic E-state index is 5.90. The van der Waals surface area contributed by atoms with Crippen LogP contribution < -0.4 is 5.32 Å². The Hall–Kier alpha value is -0.120. The van der Waals surface area contributed by atoms with Crippen LogP contribution in [0.1, 0.15) is 45.4 Å². The number of methoxy groups -OCH3 is 1. The summed E-state index contributed by atoms with van der Waals surface area (Å²) in [6.07, 6.45) is 7.94. The van der Waals surface area contributed by atoms with Gasteiger partial charge < -0.3 is 14.8 Å². The number of hydrogen-bond donors (Lipinski definition) is 1. The molecule has 1 saturated carbocycles. The summed E-state index contributed by atoms with van der Waals surface area (Å²) >= 11 is 0. The third-order valence-corrected chi connectivity index (χ3v) is 3.54. The van der Waals surface area contributed by atoms with Crippen LogP contribution in [0.5, 0.6) is 0 Å². The molecule has 3 unspecified atom stereocenters. The minimum absolute atomic E-state index is 0.426. The van der Waals surface area contributed by atoms with Gasteiger partial charge in [0.2, 0.25) is 0 Å². The highest BCUT2D eigenvalue weighted by atomic mass is 16.5. The minimum atomic E-state index is 0.426. The van der Waals surface area contributed by atoms with Crippen molar-refractivity contribution in [1.29, 1.82) is 0 Å². The number of ether oxygens (including phenoxy) is 2. The van der Waals surface area contributed by atoms with E-state index in [9.17, 15) is 0 Å². The van der Waals surface area contributed by atoms with E-state index in [0.717, 1.165) is 19.4 Å². The van der Waals surface area contributed by atoms with Gasteiger partial charge in [-0.05, 0) is 52.5 Å². The lowest BCUT2D eigenvalue weighted by atomic mass is 9.95. The Morgan fingerprint density at radius 3 is 2.75 bits per heavy atom. The SMILES string of the molecule is CNC(C)CCCOC1CCCC(OC)C1. The van der Waals surface area contributed by atoms with E-state index in [4.69, 9.17) is 9.47 Å². The highest BCUT2D eigenvalue weighted by molar-refractivity contribution is 4.73. The third kappa shape index (κ3) is 5.28. The normalized spacial score (nSPS) is 27.9. The van der Waals surface area contributed by atoms with Crippen LogP contribution in [0.4, 0.5) is 0 Å². The molecule has 16 heavy (non-hydrogen) atoms. The second-order valence-electron chi connectivity index (χ2n) is 4.85. The quantitative estimate of drug-likeness (QED) is 0.680. The summed E-state index contributed by atoms with van der Waals surface area (Å²) in [6.45, 7) is 3.11. The average molecular weight is 229 g/mol. The van der Waals surface area contributed by atoms with Crippen molar-refractivity contribution >= 4 is 0 Å². The monoisotopic (exact) mass is 229 g/mol. The van der Waals surface area contributed by atoms with E-state index in [2.05, 4.69) is 12.2 Å². The second kappa shape index (κ2) is 8.04.